The van der Waals surface area contributed by atoms with Gasteiger partial charge in [0.2, 0.25) is 0 Å². The van der Waals surface area contributed by atoms with Gasteiger partial charge in [-0.1, -0.05) is 6.07 Å². The van der Waals surface area contributed by atoms with Crippen LogP contribution in [0.15, 0.2) is 30.3 Å². The van der Waals surface area contributed by atoms with Crippen LogP contribution in [-0.2, 0) is 10.2 Å². The summed E-state index contributed by atoms with van der Waals surface area (Å²) in [6.45, 7) is 3.98. The second kappa shape index (κ2) is 6.40. The maximum atomic E-state index is 14.8. The number of hydrogen-bond donors (Lipinski definition) is 2. The van der Waals surface area contributed by atoms with E-state index in [1.54, 1.807) is 0 Å². The molecule has 0 aliphatic rings. The summed E-state index contributed by atoms with van der Waals surface area (Å²) in [7, 11) is 0. The molecule has 0 aliphatic carbocycles. The van der Waals surface area contributed by atoms with Gasteiger partial charge in [0.1, 0.15) is 5.82 Å². The van der Waals surface area contributed by atoms with E-state index in [4.69, 9.17) is 0 Å². The fourth-order valence-electron chi connectivity index (χ4n) is 3.37. The van der Waals surface area contributed by atoms with Crippen LogP contribution in [-0.4, -0.2) is 26.7 Å². The van der Waals surface area contributed by atoms with Gasteiger partial charge < -0.3 is 10.2 Å². The van der Waals surface area contributed by atoms with Gasteiger partial charge in [-0.25, -0.2) is 13.2 Å². The van der Waals surface area contributed by atoms with E-state index in [1.165, 1.54) is 32.9 Å². The molecule has 0 atom stereocenters. The lowest BCUT2D eigenvalue weighted by Crippen LogP contribution is -2.29. The molecule has 5 nitrogen and oxygen atoms in total. The van der Waals surface area contributed by atoms with Gasteiger partial charge in [0.25, 0.3) is 5.91 Å². The molecular weight excluding hydrogens is 375 g/mol. The molecule has 0 fully saturated rings. The monoisotopic (exact) mass is 391 g/mol. The van der Waals surface area contributed by atoms with Gasteiger partial charge in [-0.2, -0.15) is 0 Å². The summed E-state index contributed by atoms with van der Waals surface area (Å²) in [6.07, 6.45) is 0. The molecule has 0 aliphatic heterocycles. The average molecular weight is 391 g/mol. The largest absolute Gasteiger partial charge is 0.503 e. The summed E-state index contributed by atoms with van der Waals surface area (Å²) < 4.78 is 43.3. The van der Waals surface area contributed by atoms with E-state index in [1.807, 2.05) is 0 Å². The average Bonchev–Trinajstić information content (AvgIpc) is 2.91. The maximum Gasteiger partial charge on any atom is 0.313 e. The lowest BCUT2D eigenvalue weighted by Gasteiger charge is -2.20. The Kier molecular flexibility index (Phi) is 4.45. The van der Waals surface area contributed by atoms with Crippen molar-refractivity contribution in [2.45, 2.75) is 26.2 Å². The topological polar surface area (TPSA) is 79.5 Å². The number of phenols is 1. The standard InChI is InChI=1S/C20H16F3NO4/c1-9-15(20(2,3)19(27)28)14-13(8-12(22)17(25)16(14)23)24(9)18(26)10-5-4-6-11(21)7-10/h4-8,25H,1-3H3,(H,27,28). The SMILES string of the molecule is Cc1c(C(C)(C)C(=O)O)c2c(F)c(O)c(F)cc2n1C(=O)c1cccc(F)c1. The van der Waals surface area contributed by atoms with Crippen LogP contribution >= 0.6 is 0 Å². The van der Waals surface area contributed by atoms with Gasteiger partial charge in [0.15, 0.2) is 17.4 Å². The molecule has 0 spiro atoms. The normalized spacial score (nSPS) is 11.8. The zero-order valence-electron chi connectivity index (χ0n) is 15.2. The van der Waals surface area contributed by atoms with Crippen molar-refractivity contribution < 1.29 is 33.0 Å². The van der Waals surface area contributed by atoms with Crippen LogP contribution in [0, 0.1) is 24.4 Å². The number of nitrogens with zero attached hydrogens (tertiary/aromatic N) is 1. The number of rotatable bonds is 3. The molecule has 0 saturated heterocycles. The van der Waals surface area contributed by atoms with Crippen LogP contribution in [0.2, 0.25) is 0 Å². The van der Waals surface area contributed by atoms with Gasteiger partial charge in [0, 0.05) is 28.3 Å². The molecule has 2 N–H and O–H groups in total. The van der Waals surface area contributed by atoms with Gasteiger partial charge in [0.05, 0.1) is 10.9 Å². The molecule has 0 unspecified atom stereocenters. The number of halogens is 3. The van der Waals surface area contributed by atoms with Crippen LogP contribution in [0.1, 0.15) is 35.5 Å². The van der Waals surface area contributed by atoms with Crippen molar-refractivity contribution in [3.05, 3.63) is 64.6 Å². The number of benzene rings is 2. The fraction of sp³-hybridized carbons (Fsp3) is 0.200. The van der Waals surface area contributed by atoms with E-state index < -0.39 is 40.5 Å². The Morgan fingerprint density at radius 1 is 1.11 bits per heavy atom. The first-order chi connectivity index (χ1) is 13.0. The first-order valence-electron chi connectivity index (χ1n) is 8.24. The molecule has 2 aromatic carbocycles. The van der Waals surface area contributed by atoms with Crippen molar-refractivity contribution in [3.8, 4) is 5.75 Å². The van der Waals surface area contributed by atoms with Crippen LogP contribution in [0.5, 0.6) is 5.75 Å². The lowest BCUT2D eigenvalue weighted by atomic mass is 9.82. The van der Waals surface area contributed by atoms with Crippen LogP contribution in [0.4, 0.5) is 13.2 Å². The number of fused-ring (bicyclic) bond motifs is 1. The van der Waals surface area contributed by atoms with E-state index in [0.717, 1.165) is 22.8 Å². The van der Waals surface area contributed by atoms with E-state index in [9.17, 15) is 33.0 Å². The lowest BCUT2D eigenvalue weighted by molar-refractivity contribution is -0.142. The minimum Gasteiger partial charge on any atom is -0.503 e. The highest BCUT2D eigenvalue weighted by atomic mass is 19.1. The van der Waals surface area contributed by atoms with Crippen molar-refractivity contribution in [2.75, 3.05) is 0 Å². The maximum absolute atomic E-state index is 14.8. The molecule has 0 bridgehead atoms. The minimum atomic E-state index is -1.67. The number of carbonyl (C=O) groups is 2. The Bertz CT molecular complexity index is 1150. The molecule has 0 saturated carbocycles. The van der Waals surface area contributed by atoms with Crippen molar-refractivity contribution in [1.29, 1.82) is 0 Å². The molecule has 28 heavy (non-hydrogen) atoms. The Balaban J connectivity index is 2.47. The molecule has 0 amide bonds. The highest BCUT2D eigenvalue weighted by Gasteiger charge is 2.38. The smallest absolute Gasteiger partial charge is 0.313 e. The third-order valence-corrected chi connectivity index (χ3v) is 4.80. The summed E-state index contributed by atoms with van der Waals surface area (Å²) in [5.74, 6) is -6.73. The molecule has 146 valence electrons. The second-order valence-corrected chi connectivity index (χ2v) is 6.96. The molecule has 3 aromatic rings. The van der Waals surface area contributed by atoms with Crippen molar-refractivity contribution in [1.82, 2.24) is 4.57 Å². The quantitative estimate of drug-likeness (QED) is 0.704. The highest BCUT2D eigenvalue weighted by molar-refractivity contribution is 6.06. The first kappa shape index (κ1) is 19.5. The number of carbonyl (C=O) groups excluding carboxylic acids is 1. The molecule has 1 aromatic heterocycles. The Hall–Kier alpha value is -3.29. The number of carboxylic acids is 1. The van der Waals surface area contributed by atoms with Crippen LogP contribution in [0.25, 0.3) is 10.9 Å². The van der Waals surface area contributed by atoms with Crippen LogP contribution in [0.3, 0.4) is 0 Å². The molecular formula is C20H16F3NO4. The van der Waals surface area contributed by atoms with Crippen molar-refractivity contribution in [3.63, 3.8) is 0 Å². The third-order valence-electron chi connectivity index (χ3n) is 4.80. The summed E-state index contributed by atoms with van der Waals surface area (Å²) in [6, 6.07) is 5.47. The van der Waals surface area contributed by atoms with E-state index >= 15 is 0 Å². The predicted octanol–water partition coefficient (Wildman–Crippen LogP) is 4.12. The number of carboxylic acid groups (broad SMARTS) is 1. The van der Waals surface area contributed by atoms with Gasteiger partial charge >= 0.3 is 5.97 Å². The Morgan fingerprint density at radius 2 is 1.75 bits per heavy atom. The van der Waals surface area contributed by atoms with E-state index in [0.29, 0.717) is 0 Å². The zero-order chi connectivity index (χ0) is 21.0. The number of phenolic OH excluding ortho intramolecular Hbond substituents is 1. The van der Waals surface area contributed by atoms with E-state index in [2.05, 4.69) is 0 Å². The fourth-order valence-corrected chi connectivity index (χ4v) is 3.37. The predicted molar refractivity (Wildman–Crippen MR) is 95.0 cm³/mol. The molecule has 8 heteroatoms. The minimum absolute atomic E-state index is 0.0422. The van der Waals surface area contributed by atoms with Crippen molar-refractivity contribution in [2.24, 2.45) is 0 Å². The number of aromatic hydroxyl groups is 1. The second-order valence-electron chi connectivity index (χ2n) is 6.96. The van der Waals surface area contributed by atoms with Gasteiger partial charge in [-0.15, -0.1) is 0 Å². The van der Waals surface area contributed by atoms with Gasteiger partial charge in [-0.05, 0) is 39.0 Å². The summed E-state index contributed by atoms with van der Waals surface area (Å²) in [5, 5.41) is 18.9. The Morgan fingerprint density at radius 3 is 2.32 bits per heavy atom. The van der Waals surface area contributed by atoms with E-state index in [-0.39, 0.29) is 27.7 Å². The zero-order valence-corrected chi connectivity index (χ0v) is 15.2. The summed E-state index contributed by atoms with van der Waals surface area (Å²) in [4.78, 5) is 24.8. The van der Waals surface area contributed by atoms with Crippen molar-refractivity contribution >= 4 is 22.8 Å². The highest BCUT2D eigenvalue weighted by Crippen LogP contribution is 2.40. The molecule has 0 radical (unpaired) electrons. The third kappa shape index (κ3) is 2.72. The number of aromatic nitrogens is 1. The molecule has 1 heterocycles. The number of hydrogen-bond acceptors (Lipinski definition) is 3. The Labute approximate surface area is 157 Å². The van der Waals surface area contributed by atoms with Crippen LogP contribution < -0.4 is 0 Å². The first-order valence-corrected chi connectivity index (χ1v) is 8.24. The number of aliphatic carboxylic acids is 1. The summed E-state index contributed by atoms with van der Waals surface area (Å²) >= 11 is 0. The van der Waals surface area contributed by atoms with Gasteiger partial charge in [-0.3, -0.25) is 14.2 Å². The summed E-state index contributed by atoms with van der Waals surface area (Å²) in [5.41, 5.74) is -2.06. The molecule has 3 rings (SSSR count).